The zero-order valence-electron chi connectivity index (χ0n) is 27.2. The molecule has 2 aromatic carbocycles. The van der Waals surface area contributed by atoms with Crippen LogP contribution < -0.4 is 15.4 Å². The monoisotopic (exact) mass is 646 g/mol. The van der Waals surface area contributed by atoms with Crippen LogP contribution in [0, 0.1) is 24.1 Å². The van der Waals surface area contributed by atoms with Crippen molar-refractivity contribution in [3.8, 4) is 5.75 Å². The Kier molecular flexibility index (Phi) is 11.4. The molecule has 47 heavy (non-hydrogen) atoms. The molecule has 10 nitrogen and oxygen atoms in total. The number of hydrogen-bond acceptors (Lipinski definition) is 8. The van der Waals surface area contributed by atoms with Gasteiger partial charge in [0.15, 0.2) is 23.1 Å². The Morgan fingerprint density at radius 3 is 2.43 bits per heavy atom. The molecule has 0 unspecified atom stereocenters. The number of rotatable bonds is 12. The van der Waals surface area contributed by atoms with Gasteiger partial charge < -0.3 is 29.6 Å². The first-order valence-corrected chi connectivity index (χ1v) is 16.0. The minimum atomic E-state index is -1.18. The highest BCUT2D eigenvalue weighted by molar-refractivity contribution is 6.16. The van der Waals surface area contributed by atoms with Crippen LogP contribution in [-0.4, -0.2) is 76.0 Å². The quantitative estimate of drug-likeness (QED) is 0.227. The molecule has 2 aliphatic heterocycles. The van der Waals surface area contributed by atoms with E-state index in [1.807, 2.05) is 38.1 Å². The minimum Gasteiger partial charge on any atom is -0.493 e. The van der Waals surface area contributed by atoms with Crippen molar-refractivity contribution in [1.82, 2.24) is 4.90 Å². The average molecular weight is 647 g/mol. The molecule has 5 rings (SSSR count). The topological polar surface area (TPSA) is 111 Å². The minimum absolute atomic E-state index is 0.0197. The molecule has 0 radical (unpaired) electrons. The largest absolute Gasteiger partial charge is 0.493 e. The second kappa shape index (κ2) is 15.9. The van der Waals surface area contributed by atoms with Crippen molar-refractivity contribution in [2.24, 2.45) is 16.3 Å². The lowest BCUT2D eigenvalue weighted by atomic mass is 10.0. The Bertz CT molecular complexity index is 1540. The molecular weight excluding hydrogens is 603 g/mol. The van der Waals surface area contributed by atoms with Gasteiger partial charge in [-0.2, -0.15) is 0 Å². The fraction of sp³-hybridized carbons (Fsp3) is 0.417. The maximum Gasteiger partial charge on any atom is 0.240 e. The van der Waals surface area contributed by atoms with E-state index in [2.05, 4.69) is 20.5 Å². The molecule has 250 valence electrons. The second-order valence-electron chi connectivity index (χ2n) is 11.9. The van der Waals surface area contributed by atoms with Crippen molar-refractivity contribution in [2.45, 2.75) is 33.1 Å². The van der Waals surface area contributed by atoms with Crippen LogP contribution in [0.4, 0.5) is 15.8 Å². The van der Waals surface area contributed by atoms with Crippen molar-refractivity contribution in [2.75, 3.05) is 63.7 Å². The normalized spacial score (nSPS) is 23.4. The lowest BCUT2D eigenvalue weighted by molar-refractivity contribution is -0.131. The fourth-order valence-electron chi connectivity index (χ4n) is 5.30. The Morgan fingerprint density at radius 1 is 1.04 bits per heavy atom. The molecule has 2 aromatic rings. The Hall–Kier alpha value is -4.48. The molecule has 0 bridgehead atoms. The van der Waals surface area contributed by atoms with Crippen molar-refractivity contribution in [3.05, 3.63) is 89.4 Å². The maximum absolute atomic E-state index is 15.4. The highest BCUT2D eigenvalue weighted by atomic mass is 19.1. The number of benzene rings is 2. The summed E-state index contributed by atoms with van der Waals surface area (Å²) in [6, 6.07) is 11.5. The first kappa shape index (κ1) is 33.9. The van der Waals surface area contributed by atoms with Gasteiger partial charge in [0.25, 0.3) is 0 Å². The molecule has 1 atom stereocenters. The van der Waals surface area contributed by atoms with Gasteiger partial charge in [0.1, 0.15) is 11.2 Å². The molecule has 2 heterocycles. The van der Waals surface area contributed by atoms with Gasteiger partial charge >= 0.3 is 0 Å². The molecule has 2 amide bonds. The highest BCUT2D eigenvalue weighted by Gasteiger charge is 2.56. The smallest absolute Gasteiger partial charge is 0.240 e. The van der Waals surface area contributed by atoms with Gasteiger partial charge in [-0.25, -0.2) is 4.39 Å². The number of nitrogens with one attached hydrogen (secondary N) is 2. The summed E-state index contributed by atoms with van der Waals surface area (Å²) in [5.74, 6) is -0.290. The number of ether oxygens (including phenoxy) is 4. The summed E-state index contributed by atoms with van der Waals surface area (Å²) in [5, 5.41) is 5.53. The van der Waals surface area contributed by atoms with Crippen LogP contribution in [0.5, 0.6) is 5.75 Å². The van der Waals surface area contributed by atoms with Gasteiger partial charge in [0.05, 0.1) is 33.5 Å². The first-order chi connectivity index (χ1) is 22.8. The molecule has 3 aliphatic rings. The SMILES string of the molecule is COC1=C/C/N=C\C=C(\Oc2ccc(NC(=O)C3(C(=O)Nc4ccc(C)cc4)CC3)cc2F)[C@@H](C)/C=C\1OCCCN1CCOCC1. The molecule has 2 N–H and O–H groups in total. The predicted molar refractivity (Wildman–Crippen MR) is 179 cm³/mol. The van der Waals surface area contributed by atoms with Crippen LogP contribution in [0.15, 0.2) is 83.0 Å². The van der Waals surface area contributed by atoms with E-state index in [1.165, 1.54) is 12.1 Å². The lowest BCUT2D eigenvalue weighted by Crippen LogP contribution is -2.37. The van der Waals surface area contributed by atoms with Crippen molar-refractivity contribution < 1.29 is 32.9 Å². The molecule has 1 saturated carbocycles. The third-order valence-electron chi connectivity index (χ3n) is 8.37. The zero-order valence-corrected chi connectivity index (χ0v) is 27.2. The lowest BCUT2D eigenvalue weighted by Gasteiger charge is -2.26. The number of halogens is 1. The maximum atomic E-state index is 15.4. The van der Waals surface area contributed by atoms with Crippen LogP contribution in [0.2, 0.25) is 0 Å². The third-order valence-corrected chi connectivity index (χ3v) is 8.37. The van der Waals surface area contributed by atoms with Crippen LogP contribution in [0.25, 0.3) is 0 Å². The first-order valence-electron chi connectivity index (χ1n) is 16.0. The number of carbonyl (C=O) groups is 2. The average Bonchev–Trinajstić information content (AvgIpc) is 3.89. The van der Waals surface area contributed by atoms with Crippen molar-refractivity contribution in [1.29, 1.82) is 0 Å². The van der Waals surface area contributed by atoms with E-state index in [1.54, 1.807) is 37.6 Å². The van der Waals surface area contributed by atoms with Crippen LogP contribution in [0.1, 0.15) is 31.7 Å². The van der Waals surface area contributed by atoms with Gasteiger partial charge in [-0.15, -0.1) is 0 Å². The summed E-state index contributed by atoms with van der Waals surface area (Å²) in [4.78, 5) is 32.8. The van der Waals surface area contributed by atoms with E-state index in [4.69, 9.17) is 18.9 Å². The summed E-state index contributed by atoms with van der Waals surface area (Å²) in [6.07, 6.45) is 8.72. The summed E-state index contributed by atoms with van der Waals surface area (Å²) in [6.45, 7) is 8.98. The third kappa shape index (κ3) is 9.08. The van der Waals surface area contributed by atoms with Gasteiger partial charge in [-0.3, -0.25) is 19.5 Å². The number of allylic oxidation sites excluding steroid dienone is 2. The summed E-state index contributed by atoms with van der Waals surface area (Å²) in [7, 11) is 1.58. The molecule has 1 saturated heterocycles. The predicted octanol–water partition coefficient (Wildman–Crippen LogP) is 5.63. The van der Waals surface area contributed by atoms with E-state index < -0.39 is 17.1 Å². The molecule has 0 aromatic heterocycles. The van der Waals surface area contributed by atoms with E-state index >= 15 is 4.39 Å². The number of anilines is 2. The van der Waals surface area contributed by atoms with Crippen molar-refractivity contribution >= 4 is 29.4 Å². The van der Waals surface area contributed by atoms with E-state index in [0.717, 1.165) is 44.8 Å². The fourth-order valence-corrected chi connectivity index (χ4v) is 5.30. The standard InChI is InChI=1S/C36H43FN4O6/c1-25-5-7-27(8-6-25)39-34(42)36(13-14-36)35(43)40-28-9-10-31(29(37)24-28)47-30-11-15-38-16-12-32(44-3)33(23-26(30)2)46-20-4-17-41-18-21-45-22-19-41/h5-12,15,23-24,26H,4,13-14,16-22H2,1-3H3,(H,39,42)(H,40,43)/b30-11+,32-12+,33-23+,38-15-/t26-/m0/s1. The van der Waals surface area contributed by atoms with Gasteiger partial charge in [-0.1, -0.05) is 24.6 Å². The number of carbonyl (C=O) groups excluding carboxylic acids is 2. The Morgan fingerprint density at radius 2 is 1.74 bits per heavy atom. The van der Waals surface area contributed by atoms with E-state index in [-0.39, 0.29) is 23.3 Å². The molecule has 0 spiro atoms. The van der Waals surface area contributed by atoms with Gasteiger partial charge in [0, 0.05) is 49.2 Å². The number of amides is 2. The van der Waals surface area contributed by atoms with Gasteiger partial charge in [0.2, 0.25) is 11.8 Å². The number of hydrogen-bond donors (Lipinski definition) is 2. The van der Waals surface area contributed by atoms with E-state index in [9.17, 15) is 9.59 Å². The molecule has 1 aliphatic carbocycles. The molecule has 2 fully saturated rings. The Labute approximate surface area is 275 Å². The zero-order chi connectivity index (χ0) is 33.2. The summed E-state index contributed by atoms with van der Waals surface area (Å²) in [5.41, 5.74) is 0.726. The number of methoxy groups -OCH3 is 1. The second-order valence-corrected chi connectivity index (χ2v) is 11.9. The number of aliphatic imine (C=N–C) groups is 1. The summed E-state index contributed by atoms with van der Waals surface area (Å²) >= 11 is 0. The Balaban J connectivity index is 1.22. The van der Waals surface area contributed by atoms with Crippen LogP contribution >= 0.6 is 0 Å². The van der Waals surface area contributed by atoms with Crippen molar-refractivity contribution in [3.63, 3.8) is 0 Å². The molecule has 11 heteroatoms. The van der Waals surface area contributed by atoms with E-state index in [0.29, 0.717) is 49.0 Å². The highest BCUT2D eigenvalue weighted by Crippen LogP contribution is 2.47. The molecular formula is C36H43FN4O6. The number of morpholine rings is 1. The summed E-state index contributed by atoms with van der Waals surface area (Å²) < 4.78 is 38.6. The van der Waals surface area contributed by atoms with Gasteiger partial charge in [-0.05, 0) is 68.7 Å². The number of aryl methyl sites for hydroxylation is 1. The van der Waals surface area contributed by atoms with Crippen LogP contribution in [0.3, 0.4) is 0 Å². The van der Waals surface area contributed by atoms with Crippen LogP contribution in [-0.2, 0) is 23.8 Å². The number of nitrogens with zero attached hydrogens (tertiary/aromatic N) is 2.